The topological polar surface area (TPSA) is 31.4 Å². The van der Waals surface area contributed by atoms with Crippen molar-refractivity contribution in [3.8, 4) is 11.6 Å². The largest absolute Gasteiger partial charge is 0.489 e. The fourth-order valence-corrected chi connectivity index (χ4v) is 1.65. The summed E-state index contributed by atoms with van der Waals surface area (Å²) in [4.78, 5) is 4.24. The van der Waals surface area contributed by atoms with Crippen LogP contribution in [-0.4, -0.2) is 16.7 Å². The Kier molecular flexibility index (Phi) is 3.28. The van der Waals surface area contributed by atoms with Crippen LogP contribution < -0.4 is 9.47 Å². The van der Waals surface area contributed by atoms with Crippen LogP contribution in [0.4, 0.5) is 0 Å². The zero-order valence-electron chi connectivity index (χ0n) is 9.79. The van der Waals surface area contributed by atoms with Crippen molar-refractivity contribution < 1.29 is 9.47 Å². The molecule has 0 unspecified atom stereocenters. The Morgan fingerprint density at radius 1 is 1.38 bits per heavy atom. The minimum Gasteiger partial charge on any atom is -0.489 e. The van der Waals surface area contributed by atoms with Crippen LogP contribution in [0, 0.1) is 3.57 Å². The van der Waals surface area contributed by atoms with E-state index in [1.165, 1.54) is 0 Å². The highest BCUT2D eigenvalue weighted by Crippen LogP contribution is 2.32. The first-order valence-corrected chi connectivity index (χ1v) is 6.53. The predicted octanol–water partition coefficient (Wildman–Crippen LogP) is 3.40. The highest BCUT2D eigenvalue weighted by Gasteiger charge is 2.25. The van der Waals surface area contributed by atoms with Gasteiger partial charge in [0.2, 0.25) is 5.88 Å². The van der Waals surface area contributed by atoms with Crippen molar-refractivity contribution in [1.82, 2.24) is 4.98 Å². The Bertz CT molecular complexity index is 383. The van der Waals surface area contributed by atoms with E-state index in [1.807, 2.05) is 26.8 Å². The Morgan fingerprint density at radius 3 is 2.62 bits per heavy atom. The summed E-state index contributed by atoms with van der Waals surface area (Å²) in [6.45, 7) is 6.02. The molecule has 1 fully saturated rings. The molecule has 0 aliphatic heterocycles. The fourth-order valence-electron chi connectivity index (χ4n) is 1.23. The minimum atomic E-state index is -0.226. The molecule has 1 aromatic rings. The quantitative estimate of drug-likeness (QED) is 0.795. The van der Waals surface area contributed by atoms with Crippen molar-refractivity contribution >= 4 is 22.6 Å². The summed E-state index contributed by atoms with van der Waals surface area (Å²) in [5.41, 5.74) is -0.226. The number of pyridine rings is 1. The lowest BCUT2D eigenvalue weighted by Gasteiger charge is -2.20. The Labute approximate surface area is 110 Å². The van der Waals surface area contributed by atoms with Crippen LogP contribution in [-0.2, 0) is 0 Å². The summed E-state index contributed by atoms with van der Waals surface area (Å²) in [7, 11) is 0. The zero-order chi connectivity index (χ0) is 11.8. The molecular weight excluding hydrogens is 317 g/mol. The number of ether oxygens (including phenoxy) is 2. The first-order chi connectivity index (χ1) is 7.44. The van der Waals surface area contributed by atoms with E-state index >= 15 is 0 Å². The summed E-state index contributed by atoms with van der Waals surface area (Å²) < 4.78 is 12.5. The van der Waals surface area contributed by atoms with E-state index in [0.29, 0.717) is 12.0 Å². The Hall–Kier alpha value is -0.520. The standard InChI is InChI=1S/C12H16INO2/c1-12(2,3)16-11-6-10(9(13)7-14-11)15-8-4-5-8/h6-8H,4-5H2,1-3H3. The third-order valence-electron chi connectivity index (χ3n) is 2.02. The molecule has 0 spiro atoms. The monoisotopic (exact) mass is 333 g/mol. The van der Waals surface area contributed by atoms with Gasteiger partial charge in [0.05, 0.1) is 9.67 Å². The molecule has 1 saturated carbocycles. The first-order valence-electron chi connectivity index (χ1n) is 5.45. The minimum absolute atomic E-state index is 0.226. The van der Waals surface area contributed by atoms with Crippen LogP contribution in [0.2, 0.25) is 0 Å². The molecule has 0 radical (unpaired) electrons. The maximum atomic E-state index is 5.78. The average Bonchev–Trinajstić information content (AvgIpc) is 2.92. The second-order valence-electron chi connectivity index (χ2n) is 4.98. The van der Waals surface area contributed by atoms with Crippen LogP contribution in [0.1, 0.15) is 33.6 Å². The van der Waals surface area contributed by atoms with E-state index in [9.17, 15) is 0 Å². The van der Waals surface area contributed by atoms with Crippen molar-refractivity contribution in [1.29, 1.82) is 0 Å². The number of hydrogen-bond donors (Lipinski definition) is 0. The molecule has 0 N–H and O–H groups in total. The number of halogens is 1. The SMILES string of the molecule is CC(C)(C)Oc1cc(OC2CC2)c(I)cn1. The molecular formula is C12H16INO2. The number of nitrogens with zero attached hydrogens (tertiary/aromatic N) is 1. The van der Waals surface area contributed by atoms with Gasteiger partial charge in [-0.1, -0.05) is 0 Å². The summed E-state index contributed by atoms with van der Waals surface area (Å²) in [6, 6.07) is 1.88. The van der Waals surface area contributed by atoms with Gasteiger partial charge in [-0.3, -0.25) is 0 Å². The normalized spacial score (nSPS) is 16.0. The van der Waals surface area contributed by atoms with Crippen molar-refractivity contribution in [3.05, 3.63) is 15.8 Å². The third-order valence-corrected chi connectivity index (χ3v) is 2.83. The number of aromatic nitrogens is 1. The first kappa shape index (κ1) is 12.0. The van der Waals surface area contributed by atoms with Crippen molar-refractivity contribution in [2.24, 2.45) is 0 Å². The Morgan fingerprint density at radius 2 is 2.06 bits per heavy atom. The molecule has 0 amide bonds. The van der Waals surface area contributed by atoms with E-state index in [1.54, 1.807) is 6.20 Å². The molecule has 1 aliphatic rings. The average molecular weight is 333 g/mol. The van der Waals surface area contributed by atoms with E-state index in [4.69, 9.17) is 9.47 Å². The van der Waals surface area contributed by atoms with Gasteiger partial charge in [-0.05, 0) is 56.2 Å². The molecule has 1 aliphatic carbocycles. The van der Waals surface area contributed by atoms with Crippen molar-refractivity contribution in [3.63, 3.8) is 0 Å². The maximum absolute atomic E-state index is 5.78. The van der Waals surface area contributed by atoms with Crippen LogP contribution in [0.25, 0.3) is 0 Å². The molecule has 0 atom stereocenters. The molecule has 88 valence electrons. The molecule has 0 saturated heterocycles. The van der Waals surface area contributed by atoms with Gasteiger partial charge in [0.25, 0.3) is 0 Å². The fraction of sp³-hybridized carbons (Fsp3) is 0.583. The number of rotatable bonds is 3. The van der Waals surface area contributed by atoms with Crippen LogP contribution in [0.15, 0.2) is 12.3 Å². The van der Waals surface area contributed by atoms with Gasteiger partial charge >= 0.3 is 0 Å². The highest BCUT2D eigenvalue weighted by molar-refractivity contribution is 14.1. The van der Waals surface area contributed by atoms with E-state index in [2.05, 4.69) is 27.6 Å². The van der Waals surface area contributed by atoms with Crippen LogP contribution >= 0.6 is 22.6 Å². The molecule has 4 heteroatoms. The van der Waals surface area contributed by atoms with E-state index in [0.717, 1.165) is 22.2 Å². The van der Waals surface area contributed by atoms with Gasteiger partial charge in [0.1, 0.15) is 11.4 Å². The van der Waals surface area contributed by atoms with Crippen molar-refractivity contribution in [2.45, 2.75) is 45.3 Å². The molecule has 0 aromatic carbocycles. The van der Waals surface area contributed by atoms with Crippen molar-refractivity contribution in [2.75, 3.05) is 0 Å². The summed E-state index contributed by atoms with van der Waals surface area (Å²) in [6.07, 6.45) is 4.51. The van der Waals surface area contributed by atoms with Crippen LogP contribution in [0.3, 0.4) is 0 Å². The lowest BCUT2D eigenvalue weighted by Crippen LogP contribution is -2.23. The second-order valence-corrected chi connectivity index (χ2v) is 6.15. The predicted molar refractivity (Wildman–Crippen MR) is 71.0 cm³/mol. The van der Waals surface area contributed by atoms with Gasteiger partial charge in [-0.15, -0.1) is 0 Å². The molecule has 2 rings (SSSR count). The van der Waals surface area contributed by atoms with E-state index in [-0.39, 0.29) is 5.60 Å². The Balaban J connectivity index is 2.14. The van der Waals surface area contributed by atoms with Gasteiger partial charge in [0, 0.05) is 12.3 Å². The summed E-state index contributed by atoms with van der Waals surface area (Å²) in [5, 5.41) is 0. The maximum Gasteiger partial charge on any atom is 0.217 e. The highest BCUT2D eigenvalue weighted by atomic mass is 127. The molecule has 16 heavy (non-hydrogen) atoms. The second kappa shape index (κ2) is 4.39. The van der Waals surface area contributed by atoms with Gasteiger partial charge in [-0.2, -0.15) is 0 Å². The lowest BCUT2D eigenvalue weighted by atomic mass is 10.2. The molecule has 3 nitrogen and oxygen atoms in total. The number of hydrogen-bond acceptors (Lipinski definition) is 3. The zero-order valence-corrected chi connectivity index (χ0v) is 11.9. The van der Waals surface area contributed by atoms with Gasteiger partial charge in [-0.25, -0.2) is 4.98 Å². The summed E-state index contributed by atoms with van der Waals surface area (Å²) >= 11 is 2.23. The van der Waals surface area contributed by atoms with E-state index < -0.39 is 0 Å². The molecule has 1 aromatic heterocycles. The van der Waals surface area contributed by atoms with Gasteiger partial charge in [0.15, 0.2) is 0 Å². The van der Waals surface area contributed by atoms with Gasteiger partial charge < -0.3 is 9.47 Å². The lowest BCUT2D eigenvalue weighted by molar-refractivity contribution is 0.123. The third kappa shape index (κ3) is 3.50. The summed E-state index contributed by atoms with van der Waals surface area (Å²) in [5.74, 6) is 1.51. The molecule has 0 bridgehead atoms. The smallest absolute Gasteiger partial charge is 0.217 e. The van der Waals surface area contributed by atoms with Crippen LogP contribution in [0.5, 0.6) is 11.6 Å². The molecule has 1 heterocycles.